The number of amides is 1. The van der Waals surface area contributed by atoms with E-state index in [2.05, 4.69) is 24.5 Å². The molecule has 0 aromatic heterocycles. The molecule has 1 amide bonds. The monoisotopic (exact) mass is 276 g/mol. The molecule has 1 aromatic rings. The highest BCUT2D eigenvalue weighted by Crippen LogP contribution is 2.18. The van der Waals surface area contributed by atoms with Crippen molar-refractivity contribution in [1.29, 1.82) is 0 Å². The summed E-state index contributed by atoms with van der Waals surface area (Å²) >= 11 is 0. The van der Waals surface area contributed by atoms with Gasteiger partial charge in [0.25, 0.3) is 0 Å². The van der Waals surface area contributed by atoms with Crippen molar-refractivity contribution in [3.05, 3.63) is 29.8 Å². The summed E-state index contributed by atoms with van der Waals surface area (Å²) in [6, 6.07) is 8.73. The molecule has 0 aliphatic carbocycles. The number of para-hydroxylation sites is 1. The molecule has 0 saturated carbocycles. The summed E-state index contributed by atoms with van der Waals surface area (Å²) in [7, 11) is 1.63. The average Bonchev–Trinajstić information content (AvgIpc) is 2.42. The fraction of sp³-hybridized carbons (Fsp3) is 0.562. The highest BCUT2D eigenvalue weighted by atomic mass is 16.5. The number of carbonyl (C=O) groups excluding carboxylic acids is 1. The Kier molecular flexibility index (Phi) is 5.01. The van der Waals surface area contributed by atoms with Gasteiger partial charge in [-0.25, -0.2) is 0 Å². The lowest BCUT2D eigenvalue weighted by molar-refractivity contribution is -0.121. The van der Waals surface area contributed by atoms with Crippen LogP contribution >= 0.6 is 0 Å². The van der Waals surface area contributed by atoms with Crippen LogP contribution in [0.15, 0.2) is 24.3 Å². The van der Waals surface area contributed by atoms with E-state index in [-0.39, 0.29) is 11.9 Å². The molecule has 0 radical (unpaired) electrons. The molecular formula is C16H24N2O2. The van der Waals surface area contributed by atoms with Crippen molar-refractivity contribution in [2.75, 3.05) is 7.11 Å². The summed E-state index contributed by atoms with van der Waals surface area (Å²) in [5.41, 5.74) is 0.928. The largest absolute Gasteiger partial charge is 0.496 e. The number of benzene rings is 1. The van der Waals surface area contributed by atoms with Crippen LogP contribution in [-0.2, 0) is 11.2 Å². The molecule has 4 heteroatoms. The minimum atomic E-state index is 0.0581. The molecule has 1 aliphatic heterocycles. The lowest BCUT2D eigenvalue weighted by Crippen LogP contribution is -2.55. The van der Waals surface area contributed by atoms with Gasteiger partial charge in [0.05, 0.1) is 13.5 Å². The van der Waals surface area contributed by atoms with Gasteiger partial charge in [0.1, 0.15) is 5.75 Å². The van der Waals surface area contributed by atoms with Crippen LogP contribution in [0.3, 0.4) is 0 Å². The second-order valence-electron chi connectivity index (χ2n) is 5.60. The van der Waals surface area contributed by atoms with E-state index in [4.69, 9.17) is 4.74 Å². The fourth-order valence-electron chi connectivity index (χ4n) is 2.80. The number of rotatable bonds is 4. The number of carbonyl (C=O) groups is 1. The average molecular weight is 276 g/mol. The van der Waals surface area contributed by atoms with Crippen molar-refractivity contribution < 1.29 is 9.53 Å². The Hall–Kier alpha value is -1.55. The summed E-state index contributed by atoms with van der Waals surface area (Å²) in [6.07, 6.45) is 2.50. The first-order valence-electron chi connectivity index (χ1n) is 7.27. The second-order valence-corrected chi connectivity index (χ2v) is 5.60. The van der Waals surface area contributed by atoms with Gasteiger partial charge in [-0.05, 0) is 32.8 Å². The summed E-state index contributed by atoms with van der Waals surface area (Å²) in [6.45, 7) is 4.31. The van der Waals surface area contributed by atoms with Crippen molar-refractivity contribution in [3.63, 3.8) is 0 Å². The zero-order chi connectivity index (χ0) is 14.5. The smallest absolute Gasteiger partial charge is 0.224 e. The summed E-state index contributed by atoms with van der Waals surface area (Å²) < 4.78 is 5.28. The maximum absolute atomic E-state index is 12.2. The van der Waals surface area contributed by atoms with E-state index < -0.39 is 0 Å². The first-order valence-corrected chi connectivity index (χ1v) is 7.27. The van der Waals surface area contributed by atoms with Crippen molar-refractivity contribution in [3.8, 4) is 5.75 Å². The molecule has 110 valence electrons. The van der Waals surface area contributed by atoms with Crippen LogP contribution < -0.4 is 15.4 Å². The van der Waals surface area contributed by atoms with Crippen LogP contribution in [0.5, 0.6) is 5.75 Å². The number of ether oxygens (including phenoxy) is 1. The molecule has 1 heterocycles. The van der Waals surface area contributed by atoms with Gasteiger partial charge < -0.3 is 15.4 Å². The fourth-order valence-corrected chi connectivity index (χ4v) is 2.80. The van der Waals surface area contributed by atoms with Crippen LogP contribution in [0.25, 0.3) is 0 Å². The first kappa shape index (κ1) is 14.9. The summed E-state index contributed by atoms with van der Waals surface area (Å²) in [4.78, 5) is 12.2. The molecule has 2 rings (SSSR count). The first-order chi connectivity index (χ1) is 9.60. The van der Waals surface area contributed by atoms with E-state index in [0.717, 1.165) is 24.2 Å². The Balaban J connectivity index is 1.92. The molecule has 3 atom stereocenters. The third-order valence-corrected chi connectivity index (χ3v) is 3.95. The third kappa shape index (κ3) is 3.73. The molecule has 1 aliphatic rings. The minimum absolute atomic E-state index is 0.0581. The minimum Gasteiger partial charge on any atom is -0.496 e. The summed E-state index contributed by atoms with van der Waals surface area (Å²) in [5, 5.41) is 6.61. The predicted octanol–water partition coefficient (Wildman–Crippen LogP) is 1.88. The molecule has 0 spiro atoms. The lowest BCUT2D eigenvalue weighted by atomic mass is 9.95. The molecule has 0 bridgehead atoms. The Labute approximate surface area is 120 Å². The van der Waals surface area contributed by atoms with Crippen molar-refractivity contribution >= 4 is 5.91 Å². The van der Waals surface area contributed by atoms with Gasteiger partial charge in [0.2, 0.25) is 5.91 Å². The van der Waals surface area contributed by atoms with Crippen molar-refractivity contribution in [2.45, 2.75) is 51.2 Å². The Bertz CT molecular complexity index is 462. The molecule has 20 heavy (non-hydrogen) atoms. The topological polar surface area (TPSA) is 50.4 Å². The molecule has 1 aromatic carbocycles. The van der Waals surface area contributed by atoms with Gasteiger partial charge in [-0.3, -0.25) is 4.79 Å². The quantitative estimate of drug-likeness (QED) is 0.883. The van der Waals surface area contributed by atoms with E-state index in [1.165, 1.54) is 0 Å². The highest BCUT2D eigenvalue weighted by molar-refractivity contribution is 5.79. The SMILES string of the molecule is COc1ccccc1CC(=O)NC1CCC(C)NC1C. The number of hydrogen-bond acceptors (Lipinski definition) is 3. The molecule has 4 nitrogen and oxygen atoms in total. The number of piperidine rings is 1. The van der Waals surface area contributed by atoms with Crippen LogP contribution in [-0.4, -0.2) is 31.1 Å². The maximum Gasteiger partial charge on any atom is 0.224 e. The van der Waals surface area contributed by atoms with Gasteiger partial charge in [0, 0.05) is 23.7 Å². The predicted molar refractivity (Wildman–Crippen MR) is 79.9 cm³/mol. The molecule has 1 saturated heterocycles. The van der Waals surface area contributed by atoms with Gasteiger partial charge in [-0.15, -0.1) is 0 Å². The van der Waals surface area contributed by atoms with E-state index in [0.29, 0.717) is 18.5 Å². The van der Waals surface area contributed by atoms with E-state index in [1.807, 2.05) is 24.3 Å². The zero-order valence-corrected chi connectivity index (χ0v) is 12.5. The van der Waals surface area contributed by atoms with Gasteiger partial charge in [-0.2, -0.15) is 0 Å². The molecule has 2 N–H and O–H groups in total. The van der Waals surface area contributed by atoms with Gasteiger partial charge >= 0.3 is 0 Å². The van der Waals surface area contributed by atoms with E-state index in [1.54, 1.807) is 7.11 Å². The number of nitrogens with one attached hydrogen (secondary N) is 2. The molecular weight excluding hydrogens is 252 g/mol. The zero-order valence-electron chi connectivity index (χ0n) is 12.5. The second kappa shape index (κ2) is 6.75. The Morgan fingerprint density at radius 1 is 1.35 bits per heavy atom. The molecule has 1 fully saturated rings. The number of hydrogen-bond donors (Lipinski definition) is 2. The van der Waals surface area contributed by atoms with E-state index in [9.17, 15) is 4.79 Å². The van der Waals surface area contributed by atoms with Crippen molar-refractivity contribution in [2.24, 2.45) is 0 Å². The van der Waals surface area contributed by atoms with Crippen LogP contribution in [0.4, 0.5) is 0 Å². The van der Waals surface area contributed by atoms with Crippen LogP contribution in [0.2, 0.25) is 0 Å². The Morgan fingerprint density at radius 3 is 2.80 bits per heavy atom. The van der Waals surface area contributed by atoms with Gasteiger partial charge in [-0.1, -0.05) is 18.2 Å². The maximum atomic E-state index is 12.2. The van der Waals surface area contributed by atoms with E-state index >= 15 is 0 Å². The summed E-state index contributed by atoms with van der Waals surface area (Å²) in [5.74, 6) is 0.828. The number of methoxy groups -OCH3 is 1. The normalized spacial score (nSPS) is 26.1. The van der Waals surface area contributed by atoms with Crippen LogP contribution in [0.1, 0.15) is 32.3 Å². The third-order valence-electron chi connectivity index (χ3n) is 3.95. The van der Waals surface area contributed by atoms with Crippen molar-refractivity contribution in [1.82, 2.24) is 10.6 Å². The lowest BCUT2D eigenvalue weighted by Gasteiger charge is -2.34. The standard InChI is InChI=1S/C16H24N2O2/c1-11-8-9-14(12(2)17-11)18-16(19)10-13-6-4-5-7-15(13)20-3/h4-7,11-12,14,17H,8-10H2,1-3H3,(H,18,19). The van der Waals surface area contributed by atoms with Crippen LogP contribution in [0, 0.1) is 0 Å². The molecule has 3 unspecified atom stereocenters. The Morgan fingerprint density at radius 2 is 2.10 bits per heavy atom. The highest BCUT2D eigenvalue weighted by Gasteiger charge is 2.25. The van der Waals surface area contributed by atoms with Gasteiger partial charge in [0.15, 0.2) is 0 Å².